The number of hydrogen-bond donors (Lipinski definition) is 3. The van der Waals surface area contributed by atoms with Gasteiger partial charge in [-0.2, -0.15) is 0 Å². The van der Waals surface area contributed by atoms with Crippen molar-refractivity contribution in [1.29, 1.82) is 0 Å². The van der Waals surface area contributed by atoms with Crippen LogP contribution in [0.15, 0.2) is 36.4 Å². The largest absolute Gasteiger partial charge is 0.416 e. The van der Waals surface area contributed by atoms with Crippen LogP contribution in [0.5, 0.6) is 0 Å². The predicted octanol–water partition coefficient (Wildman–Crippen LogP) is 3.04. The maximum atomic E-state index is 12.6. The predicted molar refractivity (Wildman–Crippen MR) is 136 cm³/mol. The normalized spacial score (nSPS) is 19.7. The second-order valence-electron chi connectivity index (χ2n) is 9.49. The van der Waals surface area contributed by atoms with Crippen LogP contribution >= 0.6 is 11.6 Å². The van der Waals surface area contributed by atoms with E-state index in [-0.39, 0.29) is 31.3 Å². The lowest BCUT2D eigenvalue weighted by molar-refractivity contribution is -0.225. The first-order chi connectivity index (χ1) is 17.9. The van der Waals surface area contributed by atoms with E-state index in [0.717, 1.165) is 24.0 Å². The number of halogens is 1. The van der Waals surface area contributed by atoms with Crippen molar-refractivity contribution in [2.75, 3.05) is 31.6 Å². The molecule has 37 heavy (non-hydrogen) atoms. The molecule has 0 aliphatic carbocycles. The Hall–Kier alpha value is -3.14. The molecular formula is C27H30ClN3O6. The first-order valence-corrected chi connectivity index (χ1v) is 13.0. The standard InChI is InChI=1S/C27H30ClN3O6/c28-22-6-5-21-20(9-12-29-16-27(21)36-23(32)7-8-24(33)37-27)25(22)30-15-17-1-3-18(4-2-17)26(34)31-19-10-13-35-14-11-19/h1-6,19,29-30H,7-16H2,(H,31,34). The van der Waals surface area contributed by atoms with Crippen LogP contribution in [0, 0.1) is 0 Å². The number of carbonyl (C=O) groups is 3. The van der Waals surface area contributed by atoms with Crippen LogP contribution in [0.25, 0.3) is 0 Å². The summed E-state index contributed by atoms with van der Waals surface area (Å²) in [6.07, 6.45) is 2.21. The molecule has 9 nitrogen and oxygen atoms in total. The lowest BCUT2D eigenvalue weighted by atomic mass is 9.96. The van der Waals surface area contributed by atoms with Crippen molar-refractivity contribution < 1.29 is 28.6 Å². The molecule has 2 fully saturated rings. The van der Waals surface area contributed by atoms with Gasteiger partial charge in [-0.25, -0.2) is 0 Å². The van der Waals surface area contributed by atoms with Gasteiger partial charge >= 0.3 is 11.9 Å². The number of carbonyl (C=O) groups excluding carboxylic acids is 3. The molecule has 3 heterocycles. The van der Waals surface area contributed by atoms with Gasteiger partial charge in [-0.05, 0) is 61.2 Å². The lowest BCUT2D eigenvalue weighted by Gasteiger charge is -2.32. The minimum absolute atomic E-state index is 0.0162. The second kappa shape index (κ2) is 11.1. The van der Waals surface area contributed by atoms with Crippen molar-refractivity contribution in [2.45, 2.75) is 50.5 Å². The SMILES string of the molecule is O=C1CCC(=O)OC2(CNCCc3c2ccc(Cl)c3NCc2ccc(C(=O)NC3CCOCC3)cc2)O1. The number of rotatable bonds is 5. The summed E-state index contributed by atoms with van der Waals surface area (Å²) in [6.45, 7) is 2.55. The van der Waals surface area contributed by atoms with Crippen molar-refractivity contribution in [3.05, 3.63) is 63.7 Å². The number of amides is 1. The van der Waals surface area contributed by atoms with E-state index < -0.39 is 17.7 Å². The molecule has 2 saturated heterocycles. The fourth-order valence-corrected chi connectivity index (χ4v) is 5.18. The van der Waals surface area contributed by atoms with Gasteiger partial charge in [0.05, 0.1) is 30.1 Å². The van der Waals surface area contributed by atoms with Crippen LogP contribution in [-0.2, 0) is 42.6 Å². The van der Waals surface area contributed by atoms with Crippen molar-refractivity contribution >= 4 is 35.1 Å². The number of ether oxygens (including phenoxy) is 3. The molecule has 0 atom stereocenters. The van der Waals surface area contributed by atoms with Gasteiger partial charge in [-0.1, -0.05) is 23.7 Å². The third-order valence-corrected chi connectivity index (χ3v) is 7.23. The Balaban J connectivity index is 1.33. The molecule has 2 aromatic rings. The molecule has 196 valence electrons. The van der Waals surface area contributed by atoms with E-state index in [4.69, 9.17) is 25.8 Å². The van der Waals surface area contributed by atoms with Crippen molar-refractivity contribution in [2.24, 2.45) is 0 Å². The highest BCUT2D eigenvalue weighted by atomic mass is 35.5. The number of nitrogens with one attached hydrogen (secondary N) is 3. The minimum Gasteiger partial charge on any atom is -0.416 e. The fraction of sp³-hybridized carbons (Fsp3) is 0.444. The molecular weight excluding hydrogens is 498 g/mol. The van der Waals surface area contributed by atoms with Gasteiger partial charge in [0.2, 0.25) is 0 Å². The molecule has 5 rings (SSSR count). The van der Waals surface area contributed by atoms with Crippen LogP contribution in [-0.4, -0.2) is 50.2 Å². The molecule has 2 aromatic carbocycles. The van der Waals surface area contributed by atoms with E-state index in [2.05, 4.69) is 16.0 Å². The fourth-order valence-electron chi connectivity index (χ4n) is 4.94. The zero-order chi connectivity index (χ0) is 25.8. The number of esters is 2. The molecule has 3 aliphatic rings. The Bertz CT molecular complexity index is 1160. The Morgan fingerprint density at radius 2 is 1.70 bits per heavy atom. The molecule has 0 unspecified atom stereocenters. The first kappa shape index (κ1) is 25.5. The monoisotopic (exact) mass is 527 g/mol. The van der Waals surface area contributed by atoms with Crippen LogP contribution in [0.1, 0.15) is 52.7 Å². The average Bonchev–Trinajstić information content (AvgIpc) is 3.16. The second-order valence-corrected chi connectivity index (χ2v) is 9.89. The lowest BCUT2D eigenvalue weighted by Crippen LogP contribution is -2.43. The van der Waals surface area contributed by atoms with Crippen LogP contribution < -0.4 is 16.0 Å². The smallest absolute Gasteiger partial charge is 0.309 e. The van der Waals surface area contributed by atoms with Crippen LogP contribution in [0.3, 0.4) is 0 Å². The average molecular weight is 528 g/mol. The highest BCUT2D eigenvalue weighted by Gasteiger charge is 2.46. The Morgan fingerprint density at radius 3 is 2.41 bits per heavy atom. The van der Waals surface area contributed by atoms with Crippen molar-refractivity contribution in [3.8, 4) is 0 Å². The van der Waals surface area contributed by atoms with Gasteiger partial charge in [0.25, 0.3) is 11.7 Å². The quantitative estimate of drug-likeness (QED) is 0.508. The van der Waals surface area contributed by atoms with Crippen molar-refractivity contribution in [1.82, 2.24) is 10.6 Å². The molecule has 0 radical (unpaired) electrons. The molecule has 0 aromatic heterocycles. The maximum absolute atomic E-state index is 12.6. The number of hydrogen-bond acceptors (Lipinski definition) is 8. The summed E-state index contributed by atoms with van der Waals surface area (Å²) >= 11 is 6.60. The number of fused-ring (bicyclic) bond motifs is 2. The molecule has 10 heteroatoms. The van der Waals surface area contributed by atoms with Gasteiger partial charge in [0.1, 0.15) is 0 Å². The summed E-state index contributed by atoms with van der Waals surface area (Å²) < 4.78 is 16.8. The molecule has 1 spiro atoms. The molecule has 0 saturated carbocycles. The van der Waals surface area contributed by atoms with E-state index in [0.29, 0.717) is 54.6 Å². The van der Waals surface area contributed by atoms with Gasteiger partial charge in [0.15, 0.2) is 0 Å². The van der Waals surface area contributed by atoms with E-state index in [1.165, 1.54) is 0 Å². The highest BCUT2D eigenvalue weighted by molar-refractivity contribution is 6.33. The Labute approximate surface area is 220 Å². The summed E-state index contributed by atoms with van der Waals surface area (Å²) in [4.78, 5) is 37.2. The van der Waals surface area contributed by atoms with E-state index >= 15 is 0 Å². The topological polar surface area (TPSA) is 115 Å². The van der Waals surface area contributed by atoms with Gasteiger partial charge in [-0.15, -0.1) is 0 Å². The summed E-state index contributed by atoms with van der Waals surface area (Å²) in [5.41, 5.74) is 3.69. The third-order valence-electron chi connectivity index (χ3n) is 6.91. The van der Waals surface area contributed by atoms with Crippen molar-refractivity contribution in [3.63, 3.8) is 0 Å². The molecule has 1 amide bonds. The third kappa shape index (κ3) is 5.74. The van der Waals surface area contributed by atoms with Gasteiger partial charge in [0, 0.05) is 36.9 Å². The molecule has 0 bridgehead atoms. The summed E-state index contributed by atoms with van der Waals surface area (Å²) in [6, 6.07) is 11.0. The minimum atomic E-state index is -1.53. The number of benzene rings is 2. The van der Waals surface area contributed by atoms with Crippen LogP contribution in [0.4, 0.5) is 5.69 Å². The summed E-state index contributed by atoms with van der Waals surface area (Å²) in [5.74, 6) is -2.58. The van der Waals surface area contributed by atoms with E-state index in [1.807, 2.05) is 24.3 Å². The Kier molecular flexibility index (Phi) is 7.64. The van der Waals surface area contributed by atoms with Gasteiger partial charge in [-0.3, -0.25) is 14.4 Å². The summed E-state index contributed by atoms with van der Waals surface area (Å²) in [7, 11) is 0. The highest BCUT2D eigenvalue weighted by Crippen LogP contribution is 2.40. The van der Waals surface area contributed by atoms with Crippen LogP contribution in [0.2, 0.25) is 5.02 Å². The summed E-state index contributed by atoms with van der Waals surface area (Å²) in [5, 5.41) is 10.2. The first-order valence-electron chi connectivity index (χ1n) is 12.6. The number of anilines is 1. The van der Waals surface area contributed by atoms with E-state index in [1.54, 1.807) is 12.1 Å². The zero-order valence-electron chi connectivity index (χ0n) is 20.4. The van der Waals surface area contributed by atoms with E-state index in [9.17, 15) is 14.4 Å². The molecule has 3 N–H and O–H groups in total. The Morgan fingerprint density at radius 1 is 1.00 bits per heavy atom. The van der Waals surface area contributed by atoms with Gasteiger partial charge < -0.3 is 30.2 Å². The molecule has 3 aliphatic heterocycles. The maximum Gasteiger partial charge on any atom is 0.309 e. The zero-order valence-corrected chi connectivity index (χ0v) is 21.2.